The molecule has 7 heteroatoms. The van der Waals surface area contributed by atoms with Crippen molar-refractivity contribution in [2.75, 3.05) is 6.54 Å². The van der Waals surface area contributed by atoms with Gasteiger partial charge < -0.3 is 19.7 Å². The number of aromatic hydroxyl groups is 1. The molecule has 0 aliphatic carbocycles. The molecule has 2 rings (SSSR count). The predicted octanol–water partition coefficient (Wildman–Crippen LogP) is 2.68. The second kappa shape index (κ2) is 6.57. The number of rotatable bonds is 4. The summed E-state index contributed by atoms with van der Waals surface area (Å²) in [5, 5.41) is 12.6. The van der Waals surface area contributed by atoms with Crippen molar-refractivity contribution in [1.82, 2.24) is 5.32 Å². The van der Waals surface area contributed by atoms with Gasteiger partial charge >= 0.3 is 7.12 Å². The minimum atomic E-state index is -0.675. The number of benzene rings is 1. The Kier molecular flexibility index (Phi) is 5.06. The maximum Gasteiger partial charge on any atom is 0.492 e. The van der Waals surface area contributed by atoms with Crippen molar-refractivity contribution >= 4 is 19.1 Å². The number of phenolic OH excluding ortho intramolecular Hbond substituents is 1. The molecule has 130 valence electrons. The van der Waals surface area contributed by atoms with Crippen LogP contribution < -0.4 is 5.32 Å². The summed E-state index contributed by atoms with van der Waals surface area (Å²) in [5.74, 6) is -0.906. The molecule has 0 saturated carbocycles. The SMILES string of the molecule is CC(=O)NCC(=Cc1ccc(F)cc1O)B1OC(C)(C)C(C)(C)O1. The molecule has 1 saturated heterocycles. The Labute approximate surface area is 142 Å². The third kappa shape index (κ3) is 3.97. The lowest BCUT2D eigenvalue weighted by atomic mass is 9.77. The number of halogens is 1. The number of hydrogen-bond donors (Lipinski definition) is 2. The van der Waals surface area contributed by atoms with Crippen molar-refractivity contribution in [2.24, 2.45) is 0 Å². The molecule has 24 heavy (non-hydrogen) atoms. The van der Waals surface area contributed by atoms with Crippen molar-refractivity contribution in [2.45, 2.75) is 45.8 Å². The minimum Gasteiger partial charge on any atom is -0.507 e. The van der Waals surface area contributed by atoms with Crippen LogP contribution in [0.5, 0.6) is 5.75 Å². The van der Waals surface area contributed by atoms with Crippen LogP contribution in [0.2, 0.25) is 0 Å². The second-order valence-electron chi connectivity index (χ2n) is 6.92. The molecule has 0 bridgehead atoms. The molecular formula is C17H23BFNO4. The maximum atomic E-state index is 13.2. The van der Waals surface area contributed by atoms with E-state index in [2.05, 4.69) is 5.32 Å². The van der Waals surface area contributed by atoms with E-state index in [9.17, 15) is 14.3 Å². The van der Waals surface area contributed by atoms with Crippen LogP contribution in [-0.2, 0) is 14.1 Å². The van der Waals surface area contributed by atoms with Crippen LogP contribution in [0.1, 0.15) is 40.2 Å². The van der Waals surface area contributed by atoms with Gasteiger partial charge in [-0.25, -0.2) is 4.39 Å². The van der Waals surface area contributed by atoms with Gasteiger partial charge in [0.2, 0.25) is 5.91 Å². The fraction of sp³-hybridized carbons (Fsp3) is 0.471. The van der Waals surface area contributed by atoms with Crippen LogP contribution in [0.4, 0.5) is 4.39 Å². The maximum absolute atomic E-state index is 13.2. The van der Waals surface area contributed by atoms with Gasteiger partial charge in [-0.05, 0) is 45.3 Å². The number of amides is 1. The molecule has 5 nitrogen and oxygen atoms in total. The van der Waals surface area contributed by atoms with Gasteiger partial charge in [-0.2, -0.15) is 0 Å². The van der Waals surface area contributed by atoms with Crippen LogP contribution in [0.3, 0.4) is 0 Å². The van der Waals surface area contributed by atoms with Crippen LogP contribution in [-0.4, -0.2) is 35.9 Å². The van der Waals surface area contributed by atoms with Gasteiger partial charge in [0.15, 0.2) is 0 Å². The Bertz CT molecular complexity index is 657. The number of hydrogen-bond acceptors (Lipinski definition) is 4. The molecule has 1 aliphatic rings. The summed E-state index contributed by atoms with van der Waals surface area (Å²) >= 11 is 0. The highest BCUT2D eigenvalue weighted by atomic mass is 19.1. The van der Waals surface area contributed by atoms with E-state index < -0.39 is 24.1 Å². The van der Waals surface area contributed by atoms with Crippen molar-refractivity contribution in [3.63, 3.8) is 0 Å². The normalized spacial score (nSPS) is 19.4. The molecule has 1 heterocycles. The molecular weight excluding hydrogens is 312 g/mol. The molecule has 1 aliphatic heterocycles. The Hall–Kier alpha value is -1.86. The van der Waals surface area contributed by atoms with Crippen molar-refractivity contribution in [3.8, 4) is 5.75 Å². The third-order valence-electron chi connectivity index (χ3n) is 4.43. The highest BCUT2D eigenvalue weighted by Gasteiger charge is 2.52. The molecule has 1 amide bonds. The van der Waals surface area contributed by atoms with Gasteiger partial charge in [0, 0.05) is 25.1 Å². The fourth-order valence-corrected chi connectivity index (χ4v) is 2.26. The zero-order valence-electron chi connectivity index (χ0n) is 14.6. The largest absolute Gasteiger partial charge is 0.507 e. The van der Waals surface area contributed by atoms with E-state index in [0.29, 0.717) is 11.0 Å². The van der Waals surface area contributed by atoms with Crippen molar-refractivity contribution in [1.29, 1.82) is 0 Å². The van der Waals surface area contributed by atoms with Crippen LogP contribution in [0.15, 0.2) is 23.7 Å². The predicted molar refractivity (Wildman–Crippen MR) is 90.8 cm³/mol. The van der Waals surface area contributed by atoms with E-state index in [1.165, 1.54) is 19.1 Å². The number of nitrogens with one attached hydrogen (secondary N) is 1. The van der Waals surface area contributed by atoms with Crippen LogP contribution in [0, 0.1) is 5.82 Å². The quantitative estimate of drug-likeness (QED) is 0.830. The summed E-state index contributed by atoms with van der Waals surface area (Å²) in [6.45, 7) is 9.33. The highest BCUT2D eigenvalue weighted by Crippen LogP contribution is 2.39. The summed E-state index contributed by atoms with van der Waals surface area (Å²) in [7, 11) is -0.675. The molecule has 0 atom stereocenters. The van der Waals surface area contributed by atoms with Crippen molar-refractivity contribution in [3.05, 3.63) is 35.1 Å². The van der Waals surface area contributed by atoms with Gasteiger partial charge in [-0.15, -0.1) is 0 Å². The van der Waals surface area contributed by atoms with Gasteiger partial charge in [0.1, 0.15) is 11.6 Å². The van der Waals surface area contributed by atoms with Crippen LogP contribution in [0.25, 0.3) is 6.08 Å². The highest BCUT2D eigenvalue weighted by molar-refractivity contribution is 6.56. The van der Waals surface area contributed by atoms with Gasteiger partial charge in [-0.3, -0.25) is 4.79 Å². The molecule has 1 aromatic rings. The molecule has 0 aromatic heterocycles. The Balaban J connectivity index is 2.35. The Morgan fingerprint density at radius 3 is 2.38 bits per heavy atom. The standard InChI is InChI=1S/C17H23BFNO4/c1-11(21)20-10-13(8-12-6-7-14(19)9-15(12)22)18-23-16(2,3)17(4,5)24-18/h6-9,22H,10H2,1-5H3,(H,20,21). The zero-order chi connectivity index (χ0) is 18.1. The summed E-state index contributed by atoms with van der Waals surface area (Å²) in [4.78, 5) is 11.3. The zero-order valence-corrected chi connectivity index (χ0v) is 14.6. The first-order chi connectivity index (χ1) is 11.0. The smallest absolute Gasteiger partial charge is 0.492 e. The first kappa shape index (κ1) is 18.5. The summed E-state index contributed by atoms with van der Waals surface area (Å²) < 4.78 is 25.1. The lowest BCUT2D eigenvalue weighted by molar-refractivity contribution is -0.118. The Morgan fingerprint density at radius 2 is 1.88 bits per heavy atom. The van der Waals surface area contributed by atoms with Crippen molar-refractivity contribution < 1.29 is 23.6 Å². The number of carbonyl (C=O) groups excluding carboxylic acids is 1. The van der Waals surface area contributed by atoms with E-state index in [0.717, 1.165) is 6.07 Å². The van der Waals surface area contributed by atoms with E-state index in [1.54, 1.807) is 6.08 Å². The number of phenols is 1. The molecule has 0 spiro atoms. The van der Waals surface area contributed by atoms with Gasteiger partial charge in [-0.1, -0.05) is 6.08 Å². The van der Waals surface area contributed by atoms with E-state index in [-0.39, 0.29) is 18.2 Å². The molecule has 1 aromatic carbocycles. The monoisotopic (exact) mass is 335 g/mol. The Morgan fingerprint density at radius 1 is 1.29 bits per heavy atom. The fourth-order valence-electron chi connectivity index (χ4n) is 2.26. The lowest BCUT2D eigenvalue weighted by Crippen LogP contribution is -2.41. The second-order valence-corrected chi connectivity index (χ2v) is 6.92. The molecule has 2 N–H and O–H groups in total. The van der Waals surface area contributed by atoms with E-state index in [4.69, 9.17) is 9.31 Å². The minimum absolute atomic E-state index is 0.188. The molecule has 0 unspecified atom stereocenters. The van der Waals surface area contributed by atoms with E-state index >= 15 is 0 Å². The topological polar surface area (TPSA) is 67.8 Å². The van der Waals surface area contributed by atoms with Gasteiger partial charge in [0.05, 0.1) is 11.2 Å². The number of carbonyl (C=O) groups is 1. The lowest BCUT2D eigenvalue weighted by Gasteiger charge is -2.32. The summed E-state index contributed by atoms with van der Waals surface area (Å²) in [6, 6.07) is 3.75. The molecule has 0 radical (unpaired) electrons. The molecule has 1 fully saturated rings. The first-order valence-electron chi connectivity index (χ1n) is 7.81. The average Bonchev–Trinajstić information content (AvgIpc) is 2.65. The van der Waals surface area contributed by atoms with E-state index in [1.807, 2.05) is 27.7 Å². The third-order valence-corrected chi connectivity index (χ3v) is 4.43. The summed E-state index contributed by atoms with van der Waals surface area (Å²) in [6.07, 6.45) is 1.65. The average molecular weight is 335 g/mol. The first-order valence-corrected chi connectivity index (χ1v) is 7.81. The van der Waals surface area contributed by atoms with Gasteiger partial charge in [0.25, 0.3) is 0 Å². The van der Waals surface area contributed by atoms with Crippen LogP contribution >= 0.6 is 0 Å². The summed E-state index contributed by atoms with van der Waals surface area (Å²) in [5.41, 5.74) is -0.00690.